The first-order valence-electron chi connectivity index (χ1n) is 5.04. The fourth-order valence-electron chi connectivity index (χ4n) is 1.72. The van der Waals surface area contributed by atoms with Crippen LogP contribution in [0.4, 0.5) is 0 Å². The first-order valence-corrected chi connectivity index (χ1v) is 5.42. The molecule has 0 aliphatic rings. The molecule has 0 heterocycles. The summed E-state index contributed by atoms with van der Waals surface area (Å²) in [6.45, 7) is 2.03. The molecule has 78 valence electrons. The van der Waals surface area contributed by atoms with Gasteiger partial charge < -0.3 is 0 Å². The van der Waals surface area contributed by atoms with Crippen molar-refractivity contribution >= 4 is 11.6 Å². The summed E-state index contributed by atoms with van der Waals surface area (Å²) in [5, 5.41) is 0.746. The highest BCUT2D eigenvalue weighted by Crippen LogP contribution is 2.28. The highest BCUT2D eigenvalue weighted by Gasteiger charge is 2.03. The van der Waals surface area contributed by atoms with E-state index in [2.05, 4.69) is 12.0 Å². The predicted molar refractivity (Wildman–Crippen MR) is 69.6 cm³/mol. The summed E-state index contributed by atoms with van der Waals surface area (Å²) in [6.07, 6.45) is 5.42. The van der Waals surface area contributed by atoms with Gasteiger partial charge in [-0.15, -0.1) is 6.42 Å². The number of hydrogen-bond acceptors (Lipinski definition) is 0. The van der Waals surface area contributed by atoms with Crippen molar-refractivity contribution in [3.8, 4) is 23.5 Å². The Morgan fingerprint density at radius 3 is 2.56 bits per heavy atom. The van der Waals surface area contributed by atoms with Crippen molar-refractivity contribution in [1.82, 2.24) is 0 Å². The zero-order valence-corrected chi connectivity index (χ0v) is 9.75. The van der Waals surface area contributed by atoms with E-state index in [4.69, 9.17) is 18.0 Å². The Kier molecular flexibility index (Phi) is 2.99. The average molecular weight is 227 g/mol. The topological polar surface area (TPSA) is 0 Å². The Bertz CT molecular complexity index is 562. The predicted octanol–water partition coefficient (Wildman–Crippen LogP) is 4.30. The van der Waals surface area contributed by atoms with Gasteiger partial charge in [-0.25, -0.2) is 0 Å². The van der Waals surface area contributed by atoms with Gasteiger partial charge in [0.2, 0.25) is 0 Å². The van der Waals surface area contributed by atoms with Crippen LogP contribution in [0.25, 0.3) is 11.1 Å². The van der Waals surface area contributed by atoms with Gasteiger partial charge in [-0.05, 0) is 36.2 Å². The Balaban J connectivity index is 2.61. The minimum atomic E-state index is 0.746. The van der Waals surface area contributed by atoms with Crippen LogP contribution in [0.15, 0.2) is 42.5 Å². The van der Waals surface area contributed by atoms with Gasteiger partial charge in [0.25, 0.3) is 0 Å². The molecule has 0 aliphatic heterocycles. The monoisotopic (exact) mass is 226 g/mol. The van der Waals surface area contributed by atoms with Gasteiger partial charge in [-0.2, -0.15) is 0 Å². The minimum Gasteiger partial charge on any atom is -0.115 e. The van der Waals surface area contributed by atoms with Crippen LogP contribution in [0.3, 0.4) is 0 Å². The molecule has 0 fully saturated rings. The zero-order chi connectivity index (χ0) is 11.5. The van der Waals surface area contributed by atoms with Crippen molar-refractivity contribution < 1.29 is 0 Å². The van der Waals surface area contributed by atoms with Gasteiger partial charge in [0, 0.05) is 16.1 Å². The van der Waals surface area contributed by atoms with E-state index < -0.39 is 0 Å². The molecule has 0 unspecified atom stereocenters. The molecule has 0 nitrogen and oxygen atoms in total. The number of rotatable bonds is 1. The van der Waals surface area contributed by atoms with Crippen molar-refractivity contribution in [3.63, 3.8) is 0 Å². The van der Waals surface area contributed by atoms with E-state index in [0.717, 1.165) is 27.3 Å². The van der Waals surface area contributed by atoms with E-state index in [-0.39, 0.29) is 0 Å². The first kappa shape index (κ1) is 10.8. The molecule has 0 N–H and O–H groups in total. The first-order chi connectivity index (χ1) is 7.70. The fourth-order valence-corrected chi connectivity index (χ4v) is 1.96. The summed E-state index contributed by atoms with van der Waals surface area (Å²) >= 11 is 6.15. The van der Waals surface area contributed by atoms with Gasteiger partial charge in [0.05, 0.1) is 0 Å². The largest absolute Gasteiger partial charge is 0.115 e. The lowest BCUT2D eigenvalue weighted by molar-refractivity contribution is 1.45. The highest BCUT2D eigenvalue weighted by atomic mass is 35.5. The second-order valence-corrected chi connectivity index (χ2v) is 4.12. The second kappa shape index (κ2) is 4.43. The molecule has 1 heteroatoms. The minimum absolute atomic E-state index is 0.746. The van der Waals surface area contributed by atoms with Crippen LogP contribution < -0.4 is 0 Å². The summed E-state index contributed by atoms with van der Waals surface area (Å²) in [5.74, 6) is 2.65. The van der Waals surface area contributed by atoms with Crippen molar-refractivity contribution in [2.45, 2.75) is 6.92 Å². The molecule has 16 heavy (non-hydrogen) atoms. The fraction of sp³-hybridized carbons (Fsp3) is 0.0667. The van der Waals surface area contributed by atoms with E-state index in [1.165, 1.54) is 0 Å². The molecule has 0 spiro atoms. The van der Waals surface area contributed by atoms with E-state index >= 15 is 0 Å². The lowest BCUT2D eigenvalue weighted by Gasteiger charge is -2.06. The molecule has 2 aromatic rings. The van der Waals surface area contributed by atoms with Gasteiger partial charge in [0.15, 0.2) is 0 Å². The second-order valence-electron chi connectivity index (χ2n) is 3.71. The summed E-state index contributed by atoms with van der Waals surface area (Å²) in [7, 11) is 0. The van der Waals surface area contributed by atoms with Crippen molar-refractivity contribution in [1.29, 1.82) is 0 Å². The molecule has 0 amide bonds. The standard InChI is InChI=1S/C15H11Cl/c1-3-12-8-11(2)9-13(10-12)14-6-4-5-7-15(14)16/h1,4-10H,2H3. The van der Waals surface area contributed by atoms with Crippen molar-refractivity contribution in [2.75, 3.05) is 0 Å². The third-order valence-corrected chi connectivity index (χ3v) is 2.76. The number of hydrogen-bond donors (Lipinski definition) is 0. The normalized spacial score (nSPS) is 9.81. The summed E-state index contributed by atoms with van der Waals surface area (Å²) in [6, 6.07) is 13.8. The lowest BCUT2D eigenvalue weighted by Crippen LogP contribution is -1.84. The molecule has 0 atom stereocenters. The Morgan fingerprint density at radius 2 is 1.88 bits per heavy atom. The third kappa shape index (κ3) is 2.10. The average Bonchev–Trinajstić information content (AvgIpc) is 2.28. The van der Waals surface area contributed by atoms with Crippen molar-refractivity contribution in [3.05, 3.63) is 58.6 Å². The number of halogens is 1. The quantitative estimate of drug-likeness (QED) is 0.636. The van der Waals surface area contributed by atoms with Crippen molar-refractivity contribution in [2.24, 2.45) is 0 Å². The molecular formula is C15H11Cl. The molecule has 2 aromatic carbocycles. The third-order valence-electron chi connectivity index (χ3n) is 2.43. The van der Waals surface area contributed by atoms with E-state index in [1.807, 2.05) is 43.3 Å². The Hall–Kier alpha value is -1.71. The van der Waals surface area contributed by atoms with Gasteiger partial charge in [0.1, 0.15) is 0 Å². The van der Waals surface area contributed by atoms with E-state index in [1.54, 1.807) is 0 Å². The van der Waals surface area contributed by atoms with Crippen LogP contribution in [-0.2, 0) is 0 Å². The summed E-state index contributed by atoms with van der Waals surface area (Å²) < 4.78 is 0. The Labute approximate surface area is 101 Å². The Morgan fingerprint density at radius 1 is 1.12 bits per heavy atom. The van der Waals surface area contributed by atoms with Gasteiger partial charge in [-0.3, -0.25) is 0 Å². The number of benzene rings is 2. The maximum atomic E-state index is 6.15. The van der Waals surface area contributed by atoms with Gasteiger partial charge in [-0.1, -0.05) is 41.8 Å². The van der Waals surface area contributed by atoms with E-state index in [9.17, 15) is 0 Å². The maximum Gasteiger partial charge on any atom is 0.0484 e. The summed E-state index contributed by atoms with van der Waals surface area (Å²) in [4.78, 5) is 0. The zero-order valence-electron chi connectivity index (χ0n) is 9.00. The molecule has 0 aromatic heterocycles. The highest BCUT2D eigenvalue weighted by molar-refractivity contribution is 6.33. The van der Waals surface area contributed by atoms with Crippen LogP contribution >= 0.6 is 11.6 Å². The molecule has 0 radical (unpaired) electrons. The number of aryl methyl sites for hydroxylation is 1. The van der Waals surface area contributed by atoms with Crippen LogP contribution in [-0.4, -0.2) is 0 Å². The van der Waals surface area contributed by atoms with Gasteiger partial charge >= 0.3 is 0 Å². The number of terminal acetylenes is 1. The maximum absolute atomic E-state index is 6.15. The van der Waals surface area contributed by atoms with Crippen LogP contribution in [0, 0.1) is 19.3 Å². The summed E-state index contributed by atoms with van der Waals surface area (Å²) in [5.41, 5.74) is 4.11. The SMILES string of the molecule is C#Cc1cc(C)cc(-c2ccccc2Cl)c1. The molecule has 0 saturated carbocycles. The molecule has 2 rings (SSSR count). The van der Waals surface area contributed by atoms with Crippen LogP contribution in [0.1, 0.15) is 11.1 Å². The molecule has 0 bridgehead atoms. The van der Waals surface area contributed by atoms with Crippen LogP contribution in [0.2, 0.25) is 5.02 Å². The smallest absolute Gasteiger partial charge is 0.0484 e. The molecular weight excluding hydrogens is 216 g/mol. The lowest BCUT2D eigenvalue weighted by atomic mass is 10.0. The van der Waals surface area contributed by atoms with E-state index in [0.29, 0.717) is 0 Å². The van der Waals surface area contributed by atoms with Crippen LogP contribution in [0.5, 0.6) is 0 Å². The molecule has 0 aliphatic carbocycles. The molecule has 0 saturated heterocycles.